The van der Waals surface area contributed by atoms with Gasteiger partial charge in [-0.15, -0.1) is 12.4 Å². The topological polar surface area (TPSA) is 54.7 Å². The van der Waals surface area contributed by atoms with Crippen molar-refractivity contribution in [3.63, 3.8) is 0 Å². The Labute approximate surface area is 64.0 Å². The number of aromatic nitrogens is 2. The minimum absolute atomic E-state index is 0. The van der Waals surface area contributed by atoms with Gasteiger partial charge >= 0.3 is 0 Å². The van der Waals surface area contributed by atoms with E-state index in [9.17, 15) is 0 Å². The fraction of sp³-hybridized carbons (Fsp3) is 0.250. The van der Waals surface area contributed by atoms with Crippen LogP contribution < -0.4 is 5.73 Å². The Morgan fingerprint density at radius 1 is 1.78 bits per heavy atom. The molecular formula is C4H7Cl2N3. The van der Waals surface area contributed by atoms with Gasteiger partial charge in [0.2, 0.25) is 0 Å². The third-order valence-corrected chi connectivity index (χ3v) is 1.01. The Hall–Kier alpha value is -0.250. The summed E-state index contributed by atoms with van der Waals surface area (Å²) in [4.78, 5) is 0. The standard InChI is InChI=1S/C4H6ClN3.ClH/c5-4-1-3(2-6)7-8-4;/h1H,2,6H2,(H,7,8);1H. The molecule has 1 rings (SSSR count). The summed E-state index contributed by atoms with van der Waals surface area (Å²) in [7, 11) is 0. The van der Waals surface area contributed by atoms with Crippen molar-refractivity contribution in [3.05, 3.63) is 16.9 Å². The van der Waals surface area contributed by atoms with Crippen LogP contribution in [0.25, 0.3) is 0 Å². The molecule has 0 unspecified atom stereocenters. The van der Waals surface area contributed by atoms with Crippen molar-refractivity contribution in [2.45, 2.75) is 6.54 Å². The van der Waals surface area contributed by atoms with Gasteiger partial charge in [0.1, 0.15) is 0 Å². The van der Waals surface area contributed by atoms with E-state index in [1.54, 1.807) is 6.07 Å². The summed E-state index contributed by atoms with van der Waals surface area (Å²) >= 11 is 5.44. The van der Waals surface area contributed by atoms with Gasteiger partial charge < -0.3 is 5.73 Å². The molecule has 1 aromatic heterocycles. The Morgan fingerprint density at radius 3 is 2.67 bits per heavy atom. The van der Waals surface area contributed by atoms with Crippen molar-refractivity contribution in [1.29, 1.82) is 0 Å². The van der Waals surface area contributed by atoms with E-state index in [0.717, 1.165) is 5.69 Å². The maximum absolute atomic E-state index is 5.44. The fourth-order valence-corrected chi connectivity index (χ4v) is 0.612. The number of nitrogens with one attached hydrogen (secondary N) is 1. The molecule has 0 saturated heterocycles. The number of aromatic amines is 1. The maximum Gasteiger partial charge on any atom is 0.151 e. The van der Waals surface area contributed by atoms with Gasteiger partial charge in [0.05, 0.1) is 5.69 Å². The average molecular weight is 168 g/mol. The van der Waals surface area contributed by atoms with Crippen molar-refractivity contribution in [2.75, 3.05) is 0 Å². The molecule has 0 aliphatic heterocycles. The smallest absolute Gasteiger partial charge is 0.151 e. The molecule has 0 aromatic carbocycles. The highest BCUT2D eigenvalue weighted by Gasteiger charge is 1.91. The number of hydrogen-bond acceptors (Lipinski definition) is 2. The van der Waals surface area contributed by atoms with Crippen LogP contribution in [0.5, 0.6) is 0 Å². The normalized spacial score (nSPS) is 8.67. The molecule has 0 radical (unpaired) electrons. The highest BCUT2D eigenvalue weighted by molar-refractivity contribution is 6.29. The lowest BCUT2D eigenvalue weighted by atomic mass is 10.4. The highest BCUT2D eigenvalue weighted by Crippen LogP contribution is 2.03. The van der Waals surface area contributed by atoms with Crippen LogP contribution in [0.2, 0.25) is 5.15 Å². The summed E-state index contributed by atoms with van der Waals surface area (Å²) in [6.45, 7) is 0.458. The van der Waals surface area contributed by atoms with Crippen molar-refractivity contribution in [2.24, 2.45) is 5.73 Å². The number of rotatable bonds is 1. The van der Waals surface area contributed by atoms with Crippen LogP contribution in [-0.2, 0) is 6.54 Å². The first-order chi connectivity index (χ1) is 3.83. The first kappa shape index (κ1) is 8.75. The molecule has 0 amide bonds. The molecular weight excluding hydrogens is 161 g/mol. The second kappa shape index (κ2) is 3.71. The van der Waals surface area contributed by atoms with E-state index in [1.165, 1.54) is 0 Å². The molecule has 1 heterocycles. The van der Waals surface area contributed by atoms with Crippen LogP contribution in [0.3, 0.4) is 0 Å². The van der Waals surface area contributed by atoms with Crippen LogP contribution in [-0.4, -0.2) is 10.2 Å². The van der Waals surface area contributed by atoms with Crippen molar-refractivity contribution < 1.29 is 0 Å². The molecule has 0 fully saturated rings. The second-order valence-electron chi connectivity index (χ2n) is 1.42. The van der Waals surface area contributed by atoms with Crippen molar-refractivity contribution in [1.82, 2.24) is 10.2 Å². The summed E-state index contributed by atoms with van der Waals surface area (Å²) in [5.74, 6) is 0. The van der Waals surface area contributed by atoms with Crippen LogP contribution >= 0.6 is 24.0 Å². The third kappa shape index (κ3) is 2.22. The fourth-order valence-electron chi connectivity index (χ4n) is 0.438. The van der Waals surface area contributed by atoms with Gasteiger partial charge in [-0.25, -0.2) is 0 Å². The maximum atomic E-state index is 5.44. The zero-order valence-corrected chi connectivity index (χ0v) is 6.17. The molecule has 52 valence electrons. The second-order valence-corrected chi connectivity index (χ2v) is 1.81. The Kier molecular flexibility index (Phi) is 3.61. The number of halogens is 2. The van der Waals surface area contributed by atoms with Crippen LogP contribution in [0.4, 0.5) is 0 Å². The van der Waals surface area contributed by atoms with Gasteiger partial charge in [0, 0.05) is 6.54 Å². The Morgan fingerprint density at radius 2 is 2.44 bits per heavy atom. The zero-order valence-electron chi connectivity index (χ0n) is 4.60. The summed E-state index contributed by atoms with van der Waals surface area (Å²) < 4.78 is 0. The summed E-state index contributed by atoms with van der Waals surface area (Å²) in [5, 5.41) is 6.76. The minimum atomic E-state index is 0. The van der Waals surface area contributed by atoms with Crippen molar-refractivity contribution in [3.8, 4) is 0 Å². The predicted octanol–water partition coefficient (Wildman–Crippen LogP) is 0.944. The van der Waals surface area contributed by atoms with E-state index in [0.29, 0.717) is 11.7 Å². The first-order valence-corrected chi connectivity index (χ1v) is 2.60. The van der Waals surface area contributed by atoms with Gasteiger partial charge in [-0.3, -0.25) is 5.10 Å². The van der Waals surface area contributed by atoms with Gasteiger partial charge in [-0.2, -0.15) is 5.10 Å². The third-order valence-electron chi connectivity index (χ3n) is 0.820. The van der Waals surface area contributed by atoms with E-state index in [2.05, 4.69) is 10.2 Å². The molecule has 9 heavy (non-hydrogen) atoms. The Balaban J connectivity index is 0.000000640. The molecule has 0 aliphatic carbocycles. The molecule has 3 nitrogen and oxygen atoms in total. The summed E-state index contributed by atoms with van der Waals surface area (Å²) in [5.41, 5.74) is 6.09. The van der Waals surface area contributed by atoms with Crippen LogP contribution in [0, 0.1) is 0 Å². The summed E-state index contributed by atoms with van der Waals surface area (Å²) in [6, 6.07) is 1.70. The van der Waals surface area contributed by atoms with E-state index in [-0.39, 0.29) is 12.4 Å². The Bertz CT molecular complexity index is 174. The number of nitrogens with zero attached hydrogens (tertiary/aromatic N) is 1. The van der Waals surface area contributed by atoms with Crippen LogP contribution in [0.15, 0.2) is 6.07 Å². The van der Waals surface area contributed by atoms with E-state index in [1.807, 2.05) is 0 Å². The minimum Gasteiger partial charge on any atom is -0.325 e. The molecule has 0 spiro atoms. The lowest BCUT2D eigenvalue weighted by Crippen LogP contribution is -1.95. The molecule has 0 atom stereocenters. The SMILES string of the molecule is Cl.NCc1cc(Cl)n[nH]1. The average Bonchev–Trinajstić information content (AvgIpc) is 2.14. The number of H-pyrrole nitrogens is 1. The number of hydrogen-bond donors (Lipinski definition) is 2. The highest BCUT2D eigenvalue weighted by atomic mass is 35.5. The lowest BCUT2D eigenvalue weighted by Gasteiger charge is -1.80. The molecule has 3 N–H and O–H groups in total. The molecule has 5 heteroatoms. The van der Waals surface area contributed by atoms with E-state index in [4.69, 9.17) is 17.3 Å². The lowest BCUT2D eigenvalue weighted by molar-refractivity contribution is 0.947. The molecule has 0 saturated carbocycles. The molecule has 0 bridgehead atoms. The monoisotopic (exact) mass is 167 g/mol. The van der Waals surface area contributed by atoms with Gasteiger partial charge in [-0.1, -0.05) is 11.6 Å². The van der Waals surface area contributed by atoms with Gasteiger partial charge in [-0.05, 0) is 6.07 Å². The summed E-state index contributed by atoms with van der Waals surface area (Å²) in [6.07, 6.45) is 0. The largest absolute Gasteiger partial charge is 0.325 e. The number of nitrogens with two attached hydrogens (primary N) is 1. The van der Waals surface area contributed by atoms with Gasteiger partial charge in [0.25, 0.3) is 0 Å². The molecule has 1 aromatic rings. The zero-order chi connectivity index (χ0) is 5.98. The first-order valence-electron chi connectivity index (χ1n) is 2.23. The van der Waals surface area contributed by atoms with Crippen molar-refractivity contribution >= 4 is 24.0 Å². The quantitative estimate of drug-likeness (QED) is 0.655. The van der Waals surface area contributed by atoms with Crippen LogP contribution in [0.1, 0.15) is 5.69 Å². The van der Waals surface area contributed by atoms with Gasteiger partial charge in [0.15, 0.2) is 5.15 Å². The predicted molar refractivity (Wildman–Crippen MR) is 38.7 cm³/mol. The molecule has 0 aliphatic rings. The van der Waals surface area contributed by atoms with E-state index >= 15 is 0 Å². The van der Waals surface area contributed by atoms with E-state index < -0.39 is 0 Å².